The van der Waals surface area contributed by atoms with E-state index in [-0.39, 0.29) is 0 Å². The maximum absolute atomic E-state index is 4.81. The average molecular weight is 109 g/mol. The molecule has 0 unspecified atom stereocenters. The highest BCUT2D eigenvalue weighted by atomic mass is 13.4. The van der Waals surface area contributed by atoms with E-state index in [2.05, 4.69) is 35.3 Å². The molecule has 0 fully saturated rings. The van der Waals surface area contributed by atoms with Gasteiger partial charge in [-0.2, -0.15) is 0 Å². The monoisotopic (exact) mass is 109 g/mol. The minimum Gasteiger partial charge on any atom is -0.130 e. The van der Waals surface area contributed by atoms with Crippen LogP contribution in [-0.2, 0) is 0 Å². The lowest BCUT2D eigenvalue weighted by molar-refractivity contribution is 2.53. The summed E-state index contributed by atoms with van der Waals surface area (Å²) >= 11 is 0. The second kappa shape index (κ2) is 6.30. The van der Waals surface area contributed by atoms with E-state index in [0.717, 1.165) is 0 Å². The fourth-order valence-electron chi connectivity index (χ4n) is 0.192. The molecule has 0 atom stereocenters. The molecular formula is C8H2B. The number of rotatable bonds is 0. The van der Waals surface area contributed by atoms with Crippen LogP contribution in [0.2, 0.25) is 0 Å². The SMILES string of the molecule is C#CC#C[B]C#CC#C. The molecule has 0 aliphatic heterocycles. The average Bonchev–Trinajstić information content (AvgIpc) is 1.89. The Kier molecular flexibility index (Phi) is 5.12. The summed E-state index contributed by atoms with van der Waals surface area (Å²) in [5, 5.41) is 0. The van der Waals surface area contributed by atoms with Crippen molar-refractivity contribution < 1.29 is 0 Å². The summed E-state index contributed by atoms with van der Waals surface area (Å²) in [6, 6.07) is 0. The van der Waals surface area contributed by atoms with Crippen LogP contribution in [0.4, 0.5) is 0 Å². The molecule has 9 heavy (non-hydrogen) atoms. The maximum atomic E-state index is 4.81. The van der Waals surface area contributed by atoms with E-state index in [1.165, 1.54) is 7.28 Å². The van der Waals surface area contributed by atoms with Crippen LogP contribution < -0.4 is 0 Å². The van der Waals surface area contributed by atoms with Crippen molar-refractivity contribution in [1.29, 1.82) is 0 Å². The van der Waals surface area contributed by atoms with Gasteiger partial charge < -0.3 is 0 Å². The van der Waals surface area contributed by atoms with Gasteiger partial charge in [0.15, 0.2) is 0 Å². The zero-order valence-corrected chi connectivity index (χ0v) is 4.73. The third-order valence-corrected chi connectivity index (χ3v) is 0.433. The van der Waals surface area contributed by atoms with Gasteiger partial charge in [0.2, 0.25) is 0 Å². The lowest BCUT2D eigenvalue weighted by Gasteiger charge is -1.59. The summed E-state index contributed by atoms with van der Waals surface area (Å²) in [4.78, 5) is 0. The summed E-state index contributed by atoms with van der Waals surface area (Å²) in [6.45, 7) is 0. The van der Waals surface area contributed by atoms with Gasteiger partial charge in [-0.15, -0.1) is 24.5 Å². The van der Waals surface area contributed by atoms with Crippen molar-refractivity contribution in [2.75, 3.05) is 0 Å². The molecule has 0 N–H and O–H groups in total. The van der Waals surface area contributed by atoms with Crippen molar-refractivity contribution >= 4 is 7.28 Å². The molecule has 0 saturated carbocycles. The zero-order chi connectivity index (χ0) is 6.95. The fraction of sp³-hybridized carbons (Fsp3) is 0. The van der Waals surface area contributed by atoms with Gasteiger partial charge in [-0.3, -0.25) is 0 Å². The molecule has 0 bridgehead atoms. The molecule has 0 aliphatic carbocycles. The van der Waals surface area contributed by atoms with Gasteiger partial charge in [-0.05, 0) is 23.7 Å². The van der Waals surface area contributed by atoms with E-state index in [4.69, 9.17) is 12.8 Å². The van der Waals surface area contributed by atoms with Crippen LogP contribution >= 0.6 is 0 Å². The Labute approximate surface area is 56.3 Å². The van der Waals surface area contributed by atoms with Crippen LogP contribution in [-0.4, -0.2) is 7.28 Å². The summed E-state index contributed by atoms with van der Waals surface area (Å²) < 4.78 is 0. The summed E-state index contributed by atoms with van der Waals surface area (Å²) in [6.07, 6.45) is 9.62. The van der Waals surface area contributed by atoms with Gasteiger partial charge in [0.05, 0.1) is 0 Å². The van der Waals surface area contributed by atoms with Crippen LogP contribution in [0.1, 0.15) is 0 Å². The van der Waals surface area contributed by atoms with Crippen molar-refractivity contribution in [2.45, 2.75) is 0 Å². The first-order chi connectivity index (χ1) is 4.41. The second-order valence-electron chi connectivity index (χ2n) is 0.972. The molecule has 0 saturated heterocycles. The molecule has 0 aliphatic rings. The first-order valence-electron chi connectivity index (χ1n) is 2.15. The van der Waals surface area contributed by atoms with Crippen molar-refractivity contribution in [3.63, 3.8) is 0 Å². The van der Waals surface area contributed by atoms with Crippen LogP contribution in [0, 0.1) is 48.2 Å². The topological polar surface area (TPSA) is 0 Å². The Hall–Kier alpha value is -1.70. The zero-order valence-electron chi connectivity index (χ0n) is 4.73. The van der Waals surface area contributed by atoms with Crippen molar-refractivity contribution in [1.82, 2.24) is 0 Å². The van der Waals surface area contributed by atoms with Crippen LogP contribution in [0.3, 0.4) is 0 Å². The normalized spacial score (nSPS) is 3.78. The van der Waals surface area contributed by atoms with E-state index < -0.39 is 0 Å². The van der Waals surface area contributed by atoms with Gasteiger partial charge in [-0.1, -0.05) is 0 Å². The van der Waals surface area contributed by atoms with Gasteiger partial charge >= 0.3 is 7.28 Å². The molecular weight excluding hydrogens is 107 g/mol. The Bertz CT molecular complexity index is 234. The Morgan fingerprint density at radius 2 is 1.33 bits per heavy atom. The lowest BCUT2D eigenvalue weighted by atomic mass is 9.81. The minimum absolute atomic E-state index is 1.42. The number of hydrogen-bond donors (Lipinski definition) is 0. The van der Waals surface area contributed by atoms with Gasteiger partial charge in [0, 0.05) is 0 Å². The second-order valence-corrected chi connectivity index (χ2v) is 0.972. The largest absolute Gasteiger partial charge is 0.317 e. The molecule has 0 aromatic rings. The fourth-order valence-corrected chi connectivity index (χ4v) is 0.192. The summed E-state index contributed by atoms with van der Waals surface area (Å²) in [7, 11) is 1.42. The van der Waals surface area contributed by atoms with E-state index in [0.29, 0.717) is 0 Å². The lowest BCUT2D eigenvalue weighted by Crippen LogP contribution is -1.75. The first kappa shape index (κ1) is 7.30. The van der Waals surface area contributed by atoms with E-state index in [1.807, 2.05) is 0 Å². The van der Waals surface area contributed by atoms with E-state index in [1.54, 1.807) is 0 Å². The molecule has 0 aromatic carbocycles. The van der Waals surface area contributed by atoms with Crippen LogP contribution in [0.25, 0.3) is 0 Å². The van der Waals surface area contributed by atoms with Gasteiger partial charge in [0.25, 0.3) is 0 Å². The molecule has 0 aromatic heterocycles. The number of terminal acetylenes is 2. The Morgan fingerprint density at radius 1 is 0.889 bits per heavy atom. The predicted octanol–water partition coefficient (Wildman–Crippen LogP) is -0.121. The highest BCUT2D eigenvalue weighted by Gasteiger charge is 1.67. The quantitative estimate of drug-likeness (QED) is 0.300. The van der Waals surface area contributed by atoms with E-state index >= 15 is 0 Å². The van der Waals surface area contributed by atoms with Crippen molar-refractivity contribution in [3.05, 3.63) is 0 Å². The molecule has 0 rings (SSSR count). The Morgan fingerprint density at radius 3 is 1.67 bits per heavy atom. The van der Waals surface area contributed by atoms with Crippen LogP contribution in [0.5, 0.6) is 0 Å². The molecule has 0 spiro atoms. The molecule has 37 valence electrons. The molecule has 0 amide bonds. The highest BCUT2D eigenvalue weighted by molar-refractivity contribution is 6.55. The van der Waals surface area contributed by atoms with Crippen molar-refractivity contribution in [2.24, 2.45) is 0 Å². The summed E-state index contributed by atoms with van der Waals surface area (Å²) in [5.41, 5.74) is 0. The molecule has 0 heterocycles. The molecule has 1 heteroatoms. The van der Waals surface area contributed by atoms with Gasteiger partial charge in [0.1, 0.15) is 0 Å². The smallest absolute Gasteiger partial charge is 0.130 e. The predicted molar refractivity (Wildman–Crippen MR) is 39.0 cm³/mol. The standard InChI is InChI=1S/C8H2B/c1-3-5-7-9-8-6-4-2/h1-2H. The summed E-state index contributed by atoms with van der Waals surface area (Å²) in [5.74, 6) is 14.0. The third-order valence-electron chi connectivity index (χ3n) is 0.433. The highest BCUT2D eigenvalue weighted by Crippen LogP contribution is 1.52. The first-order valence-corrected chi connectivity index (χ1v) is 2.15. The third kappa shape index (κ3) is 6.30. The maximum Gasteiger partial charge on any atom is 0.317 e. The minimum atomic E-state index is 1.42. The molecule has 0 nitrogen and oxygen atoms in total. The van der Waals surface area contributed by atoms with Gasteiger partial charge in [-0.25, -0.2) is 0 Å². The van der Waals surface area contributed by atoms with Crippen molar-refractivity contribution in [3.8, 4) is 48.2 Å². The molecule has 1 radical (unpaired) electrons. The van der Waals surface area contributed by atoms with E-state index in [9.17, 15) is 0 Å². The number of hydrogen-bond acceptors (Lipinski definition) is 0. The Balaban J connectivity index is 3.59. The van der Waals surface area contributed by atoms with Crippen LogP contribution in [0.15, 0.2) is 0 Å².